The Labute approximate surface area is 80.2 Å². The Morgan fingerprint density at radius 2 is 2.08 bits per heavy atom. The lowest BCUT2D eigenvalue weighted by Crippen LogP contribution is -2.31. The van der Waals surface area contributed by atoms with E-state index in [9.17, 15) is 4.39 Å². The zero-order valence-corrected chi connectivity index (χ0v) is 8.68. The summed E-state index contributed by atoms with van der Waals surface area (Å²) in [5.41, 5.74) is 0. The Kier molecular flexibility index (Phi) is 9.75. The predicted molar refractivity (Wildman–Crippen MR) is 52.8 cm³/mol. The SMILES string of the molecule is COCCNCCN(C)CCCF. The van der Waals surface area contributed by atoms with Crippen LogP contribution in [0.25, 0.3) is 0 Å². The van der Waals surface area contributed by atoms with E-state index in [1.807, 2.05) is 7.05 Å². The van der Waals surface area contributed by atoms with Crippen LogP contribution in [-0.4, -0.2) is 58.5 Å². The number of alkyl halides is 1. The molecular formula is C9H21FN2O. The minimum atomic E-state index is -0.221. The van der Waals surface area contributed by atoms with Crippen molar-refractivity contribution in [3.05, 3.63) is 0 Å². The highest BCUT2D eigenvalue weighted by atomic mass is 19.1. The highest BCUT2D eigenvalue weighted by Crippen LogP contribution is 1.86. The molecular weight excluding hydrogens is 171 g/mol. The molecule has 0 aromatic carbocycles. The topological polar surface area (TPSA) is 24.5 Å². The van der Waals surface area contributed by atoms with Gasteiger partial charge in [0.25, 0.3) is 0 Å². The summed E-state index contributed by atoms with van der Waals surface area (Å²) in [5, 5.41) is 3.23. The van der Waals surface area contributed by atoms with Gasteiger partial charge in [0.1, 0.15) is 0 Å². The van der Waals surface area contributed by atoms with Gasteiger partial charge in [-0.15, -0.1) is 0 Å². The third-order valence-electron chi connectivity index (χ3n) is 1.83. The van der Waals surface area contributed by atoms with Gasteiger partial charge in [0.05, 0.1) is 13.3 Å². The van der Waals surface area contributed by atoms with Crippen LogP contribution >= 0.6 is 0 Å². The van der Waals surface area contributed by atoms with Gasteiger partial charge in [-0.3, -0.25) is 4.39 Å². The number of nitrogens with zero attached hydrogens (tertiary/aromatic N) is 1. The molecule has 0 aromatic rings. The average molecular weight is 192 g/mol. The molecule has 0 heterocycles. The number of nitrogens with one attached hydrogen (secondary N) is 1. The summed E-state index contributed by atoms with van der Waals surface area (Å²) in [6, 6.07) is 0. The van der Waals surface area contributed by atoms with Crippen molar-refractivity contribution in [2.45, 2.75) is 6.42 Å². The van der Waals surface area contributed by atoms with Gasteiger partial charge in [-0.2, -0.15) is 0 Å². The Bertz CT molecular complexity index is 104. The zero-order valence-electron chi connectivity index (χ0n) is 8.68. The van der Waals surface area contributed by atoms with Crippen LogP contribution in [0.2, 0.25) is 0 Å². The van der Waals surface area contributed by atoms with E-state index >= 15 is 0 Å². The van der Waals surface area contributed by atoms with E-state index in [4.69, 9.17) is 4.74 Å². The fourth-order valence-electron chi connectivity index (χ4n) is 1.01. The molecule has 0 aliphatic rings. The van der Waals surface area contributed by atoms with Crippen LogP contribution in [0.15, 0.2) is 0 Å². The maximum Gasteiger partial charge on any atom is 0.0906 e. The third-order valence-corrected chi connectivity index (χ3v) is 1.83. The first-order valence-electron chi connectivity index (χ1n) is 4.75. The first-order chi connectivity index (χ1) is 6.31. The van der Waals surface area contributed by atoms with E-state index in [1.54, 1.807) is 7.11 Å². The molecule has 0 saturated heterocycles. The van der Waals surface area contributed by atoms with Gasteiger partial charge in [0.15, 0.2) is 0 Å². The number of ether oxygens (including phenoxy) is 1. The van der Waals surface area contributed by atoms with Gasteiger partial charge < -0.3 is 15.0 Å². The summed E-state index contributed by atoms with van der Waals surface area (Å²) in [6.45, 7) is 4.14. The molecule has 0 unspecified atom stereocenters. The van der Waals surface area contributed by atoms with Gasteiger partial charge in [-0.1, -0.05) is 0 Å². The molecule has 0 saturated carbocycles. The van der Waals surface area contributed by atoms with Crippen LogP contribution in [0.1, 0.15) is 6.42 Å². The molecule has 0 aliphatic carbocycles. The highest BCUT2D eigenvalue weighted by Gasteiger charge is 1.96. The van der Waals surface area contributed by atoms with Crippen molar-refractivity contribution in [3.8, 4) is 0 Å². The predicted octanol–water partition coefficient (Wildman–Crippen LogP) is 0.514. The van der Waals surface area contributed by atoms with Crippen molar-refractivity contribution in [2.75, 3.05) is 53.6 Å². The van der Waals surface area contributed by atoms with Gasteiger partial charge in [-0.05, 0) is 13.5 Å². The molecule has 0 fully saturated rings. The van der Waals surface area contributed by atoms with E-state index in [1.165, 1.54) is 0 Å². The fourth-order valence-corrected chi connectivity index (χ4v) is 1.01. The normalized spacial score (nSPS) is 11.1. The van der Waals surface area contributed by atoms with Gasteiger partial charge >= 0.3 is 0 Å². The van der Waals surface area contributed by atoms with Crippen molar-refractivity contribution < 1.29 is 9.13 Å². The van der Waals surface area contributed by atoms with Crippen LogP contribution in [0, 0.1) is 0 Å². The maximum absolute atomic E-state index is 11.8. The molecule has 0 spiro atoms. The molecule has 13 heavy (non-hydrogen) atoms. The van der Waals surface area contributed by atoms with Crippen molar-refractivity contribution in [2.24, 2.45) is 0 Å². The second kappa shape index (κ2) is 9.89. The van der Waals surface area contributed by atoms with E-state index in [0.29, 0.717) is 6.42 Å². The van der Waals surface area contributed by atoms with E-state index < -0.39 is 0 Å². The second-order valence-corrected chi connectivity index (χ2v) is 3.09. The van der Waals surface area contributed by atoms with Crippen molar-refractivity contribution in [3.63, 3.8) is 0 Å². The Morgan fingerprint density at radius 3 is 2.69 bits per heavy atom. The summed E-state index contributed by atoms with van der Waals surface area (Å²) < 4.78 is 16.7. The molecule has 4 heteroatoms. The average Bonchev–Trinajstić information content (AvgIpc) is 2.14. The first-order valence-corrected chi connectivity index (χ1v) is 4.75. The number of hydrogen-bond acceptors (Lipinski definition) is 3. The van der Waals surface area contributed by atoms with Crippen LogP contribution in [0.3, 0.4) is 0 Å². The number of methoxy groups -OCH3 is 1. The summed E-state index contributed by atoms with van der Waals surface area (Å²) in [4.78, 5) is 2.12. The molecule has 0 aliphatic heterocycles. The molecule has 80 valence electrons. The quantitative estimate of drug-likeness (QED) is 0.539. The summed E-state index contributed by atoms with van der Waals surface area (Å²) in [5.74, 6) is 0. The monoisotopic (exact) mass is 192 g/mol. The van der Waals surface area contributed by atoms with Crippen LogP contribution in [-0.2, 0) is 4.74 Å². The Balaban J connectivity index is 3.03. The minimum Gasteiger partial charge on any atom is -0.383 e. The summed E-state index contributed by atoms with van der Waals surface area (Å²) in [6.07, 6.45) is 0.634. The lowest BCUT2D eigenvalue weighted by atomic mass is 10.4. The van der Waals surface area contributed by atoms with Crippen LogP contribution in [0.4, 0.5) is 4.39 Å². The number of halogens is 1. The minimum absolute atomic E-state index is 0.221. The highest BCUT2D eigenvalue weighted by molar-refractivity contribution is 4.54. The molecule has 3 nitrogen and oxygen atoms in total. The molecule has 0 rings (SSSR count). The lowest BCUT2D eigenvalue weighted by molar-refractivity contribution is 0.197. The smallest absolute Gasteiger partial charge is 0.0906 e. The van der Waals surface area contributed by atoms with Crippen LogP contribution in [0.5, 0.6) is 0 Å². The standard InChI is InChI=1S/C9H21FN2O/c1-12(7-3-4-10)8-5-11-6-9-13-2/h11H,3-9H2,1-2H3. The van der Waals surface area contributed by atoms with Crippen molar-refractivity contribution >= 4 is 0 Å². The Hall–Kier alpha value is -0.190. The molecule has 0 atom stereocenters. The lowest BCUT2D eigenvalue weighted by Gasteiger charge is -2.15. The fraction of sp³-hybridized carbons (Fsp3) is 1.00. The maximum atomic E-state index is 11.8. The van der Waals surface area contributed by atoms with E-state index in [2.05, 4.69) is 10.2 Å². The van der Waals surface area contributed by atoms with Crippen molar-refractivity contribution in [1.29, 1.82) is 0 Å². The molecule has 0 bridgehead atoms. The van der Waals surface area contributed by atoms with Gasteiger partial charge in [-0.25, -0.2) is 0 Å². The molecule has 1 N–H and O–H groups in total. The summed E-state index contributed by atoms with van der Waals surface area (Å²) in [7, 11) is 3.70. The zero-order chi connectivity index (χ0) is 9.94. The largest absolute Gasteiger partial charge is 0.383 e. The second-order valence-electron chi connectivity index (χ2n) is 3.09. The number of likely N-dealkylation sites (N-methyl/N-ethyl adjacent to an activating group) is 1. The first kappa shape index (κ1) is 12.8. The van der Waals surface area contributed by atoms with E-state index in [0.717, 1.165) is 32.8 Å². The van der Waals surface area contributed by atoms with Gasteiger partial charge in [0.2, 0.25) is 0 Å². The number of rotatable bonds is 9. The molecule has 0 amide bonds. The van der Waals surface area contributed by atoms with Crippen molar-refractivity contribution in [1.82, 2.24) is 10.2 Å². The summed E-state index contributed by atoms with van der Waals surface area (Å²) >= 11 is 0. The van der Waals surface area contributed by atoms with Gasteiger partial charge in [0, 0.05) is 33.3 Å². The Morgan fingerprint density at radius 1 is 1.31 bits per heavy atom. The van der Waals surface area contributed by atoms with Crippen LogP contribution < -0.4 is 5.32 Å². The molecule has 0 aromatic heterocycles. The molecule has 0 radical (unpaired) electrons. The third kappa shape index (κ3) is 9.73. The number of hydrogen-bond donors (Lipinski definition) is 1. The van der Waals surface area contributed by atoms with E-state index in [-0.39, 0.29) is 6.67 Å².